The van der Waals surface area contributed by atoms with Crippen LogP contribution in [0.25, 0.3) is 0 Å². The molecule has 0 aromatic carbocycles. The van der Waals surface area contributed by atoms with Crippen molar-refractivity contribution in [3.63, 3.8) is 0 Å². The van der Waals surface area contributed by atoms with Gasteiger partial charge in [0.25, 0.3) is 0 Å². The second-order valence-corrected chi connectivity index (χ2v) is 0.690. The van der Waals surface area contributed by atoms with Crippen molar-refractivity contribution >= 4 is 5.97 Å². The molecule has 39 valence electrons. The number of hydrogen-bond donors (Lipinski definition) is 1. The summed E-state index contributed by atoms with van der Waals surface area (Å²) in [5.41, 5.74) is 4.68. The van der Waals surface area contributed by atoms with Crippen molar-refractivity contribution in [1.82, 2.24) is 0 Å². The van der Waals surface area contributed by atoms with Gasteiger partial charge in [0.2, 0.25) is 0 Å². The largest absolute Gasteiger partial charge is 0.490 e. The molecule has 0 amide bonds. The van der Waals surface area contributed by atoms with Gasteiger partial charge < -0.3 is 10.5 Å². The molecule has 0 saturated carbocycles. The van der Waals surface area contributed by atoms with Crippen LogP contribution in [0.1, 0.15) is 0 Å². The Labute approximate surface area is 67.5 Å². The first kappa shape index (κ1) is 10.4. The Morgan fingerprint density at radius 1 is 1.86 bits per heavy atom. The fourth-order valence-corrected chi connectivity index (χ4v) is 0.0680. The van der Waals surface area contributed by atoms with E-state index in [-0.39, 0.29) is 32.7 Å². The Hall–Kier alpha value is 0.404. The third-order valence-corrected chi connectivity index (χ3v) is 0.337. The molecule has 3 nitrogen and oxygen atoms in total. The predicted molar refractivity (Wildman–Crippen MR) is 20.5 cm³/mol. The molecule has 0 saturated heterocycles. The second-order valence-electron chi connectivity index (χ2n) is 0.690. The molecule has 0 unspecified atom stereocenters. The van der Waals surface area contributed by atoms with Crippen LogP contribution in [0.15, 0.2) is 0 Å². The summed E-state index contributed by atoms with van der Waals surface area (Å²) in [4.78, 5) is 9.78. The zero-order valence-corrected chi connectivity index (χ0v) is 6.89. The van der Waals surface area contributed by atoms with Gasteiger partial charge in [-0.05, 0) is 0 Å². The van der Waals surface area contributed by atoms with Gasteiger partial charge in [-0.15, -0.1) is 0 Å². The van der Waals surface area contributed by atoms with E-state index in [1.165, 1.54) is 7.11 Å². The fraction of sp³-hybridized carbons (Fsp3) is 0.333. The molecule has 7 heavy (non-hydrogen) atoms. The van der Waals surface area contributed by atoms with E-state index in [1.54, 1.807) is 0 Å². The maximum atomic E-state index is 9.78. The van der Waals surface area contributed by atoms with Crippen LogP contribution in [0.2, 0.25) is 0 Å². The van der Waals surface area contributed by atoms with E-state index >= 15 is 0 Å². The van der Waals surface area contributed by atoms with Crippen LogP contribution >= 0.6 is 0 Å². The summed E-state index contributed by atoms with van der Waals surface area (Å²) >= 11 is 0. The van der Waals surface area contributed by atoms with Crippen molar-refractivity contribution in [3.05, 3.63) is 6.54 Å². The van der Waals surface area contributed by atoms with Gasteiger partial charge >= 0.3 is 0 Å². The van der Waals surface area contributed by atoms with Crippen LogP contribution in [0.5, 0.6) is 0 Å². The third kappa shape index (κ3) is 6.40. The van der Waals surface area contributed by atoms with Gasteiger partial charge in [0.1, 0.15) is 0 Å². The minimum atomic E-state index is -0.505. The van der Waals surface area contributed by atoms with Gasteiger partial charge in [-0.3, -0.25) is 4.79 Å². The molecule has 0 aromatic heterocycles. The number of methoxy groups -OCH3 is 1. The number of carbonyl (C=O) groups excluding carboxylic acids is 1. The van der Waals surface area contributed by atoms with Crippen LogP contribution in [-0.2, 0) is 42.2 Å². The van der Waals surface area contributed by atoms with Gasteiger partial charge in [-0.2, -0.15) is 0 Å². The Kier molecular flexibility index (Phi) is 9.51. The first-order valence-electron chi connectivity index (χ1n) is 1.44. The summed E-state index contributed by atoms with van der Waals surface area (Å²) in [6.07, 6.45) is 0. The van der Waals surface area contributed by atoms with Crippen LogP contribution in [0.4, 0.5) is 0 Å². The van der Waals surface area contributed by atoms with Crippen molar-refractivity contribution in [3.8, 4) is 0 Å². The van der Waals surface area contributed by atoms with Crippen LogP contribution < -0.4 is 5.73 Å². The van der Waals surface area contributed by atoms with Gasteiger partial charge in [-0.1, -0.05) is 0 Å². The predicted octanol–water partition coefficient (Wildman–Crippen LogP) is -0.723. The first-order valence-corrected chi connectivity index (χ1v) is 1.44. The van der Waals surface area contributed by atoms with E-state index in [1.807, 2.05) is 0 Å². The summed E-state index contributed by atoms with van der Waals surface area (Å²) in [6.45, 7) is 0.861. The molecular weight excluding hydrogens is 171 g/mol. The summed E-state index contributed by atoms with van der Waals surface area (Å²) in [5.74, 6) is -0.505. The maximum Gasteiger partial charge on any atom is 0.179 e. The normalized spacial score (nSPS) is 6.00. The first-order chi connectivity index (χ1) is 2.81. The van der Waals surface area contributed by atoms with E-state index in [0.717, 1.165) is 6.54 Å². The molecule has 0 atom stereocenters. The molecule has 0 fully saturated rings. The molecule has 0 heterocycles. The Balaban J connectivity index is 0. The number of nitrogens with two attached hydrogens (primary N) is 1. The molecule has 2 N–H and O–H groups in total. The number of hydrogen-bond acceptors (Lipinski definition) is 3. The minimum Gasteiger partial charge on any atom is -0.490 e. The molecule has 0 aliphatic heterocycles. The number of carbonyl (C=O) groups is 1. The molecular formula is C3H6NO2Y-. The van der Waals surface area contributed by atoms with Crippen LogP contribution in [-0.4, -0.2) is 13.1 Å². The minimum absolute atomic E-state index is 0. The molecule has 0 aliphatic carbocycles. The summed E-state index contributed by atoms with van der Waals surface area (Å²) in [7, 11) is 1.27. The summed E-state index contributed by atoms with van der Waals surface area (Å²) in [6, 6.07) is 0. The Bertz CT molecular complexity index is 50.9. The van der Waals surface area contributed by atoms with E-state index in [4.69, 9.17) is 0 Å². The average Bonchev–Trinajstić information content (AvgIpc) is 1.65. The van der Waals surface area contributed by atoms with Gasteiger partial charge in [0, 0.05) is 32.7 Å². The smallest absolute Gasteiger partial charge is 0.179 e. The van der Waals surface area contributed by atoms with Crippen LogP contribution in [0, 0.1) is 6.54 Å². The van der Waals surface area contributed by atoms with Crippen molar-refractivity contribution in [2.75, 3.05) is 7.11 Å². The van der Waals surface area contributed by atoms with Gasteiger partial charge in [0.15, 0.2) is 5.97 Å². The third-order valence-electron chi connectivity index (χ3n) is 0.337. The van der Waals surface area contributed by atoms with E-state index in [0.29, 0.717) is 0 Å². The quantitative estimate of drug-likeness (QED) is 0.424. The fourth-order valence-electron chi connectivity index (χ4n) is 0.0680. The molecule has 0 aromatic rings. The van der Waals surface area contributed by atoms with Crippen molar-refractivity contribution in [2.24, 2.45) is 5.73 Å². The monoisotopic (exact) mass is 177 g/mol. The zero-order valence-electron chi connectivity index (χ0n) is 4.05. The summed E-state index contributed by atoms with van der Waals surface area (Å²) in [5, 5.41) is 0. The molecule has 4 heteroatoms. The number of rotatable bonds is 1. The topological polar surface area (TPSA) is 52.3 Å². The maximum absolute atomic E-state index is 9.78. The zero-order chi connectivity index (χ0) is 4.99. The molecule has 0 aliphatic rings. The van der Waals surface area contributed by atoms with Gasteiger partial charge in [-0.25, -0.2) is 6.54 Å². The van der Waals surface area contributed by atoms with E-state index in [9.17, 15) is 4.79 Å². The van der Waals surface area contributed by atoms with E-state index in [2.05, 4.69) is 10.5 Å². The van der Waals surface area contributed by atoms with Crippen molar-refractivity contribution in [2.45, 2.75) is 0 Å². The molecule has 0 rings (SSSR count). The van der Waals surface area contributed by atoms with Crippen molar-refractivity contribution in [1.29, 1.82) is 0 Å². The Morgan fingerprint density at radius 2 is 2.29 bits per heavy atom. The van der Waals surface area contributed by atoms with E-state index < -0.39 is 5.97 Å². The summed E-state index contributed by atoms with van der Waals surface area (Å²) < 4.78 is 4.08. The number of ether oxygens (including phenoxy) is 1. The standard InChI is InChI=1S/C3H6NO2.Y/c1-6-3(5)2-4;/h2H,4H2,1H3;/q-1;. The van der Waals surface area contributed by atoms with Gasteiger partial charge in [0.05, 0.1) is 7.11 Å². The average molecular weight is 177 g/mol. The number of esters is 1. The molecule has 0 spiro atoms. The SMILES string of the molecule is COC(=O)[CH-]N.[Y]. The Morgan fingerprint density at radius 3 is 2.29 bits per heavy atom. The van der Waals surface area contributed by atoms with Crippen LogP contribution in [0.3, 0.4) is 0 Å². The molecule has 0 bridgehead atoms. The molecule has 1 radical (unpaired) electrons. The van der Waals surface area contributed by atoms with Crippen molar-refractivity contribution < 1.29 is 42.2 Å². The second kappa shape index (κ2) is 6.40.